The first-order chi connectivity index (χ1) is 9.06. The Morgan fingerprint density at radius 3 is 2.89 bits per heavy atom. The summed E-state index contributed by atoms with van der Waals surface area (Å²) in [5.74, 6) is -0.696. The van der Waals surface area contributed by atoms with Gasteiger partial charge in [0, 0.05) is 20.2 Å². The van der Waals surface area contributed by atoms with Gasteiger partial charge in [-0.25, -0.2) is 4.39 Å². The maximum Gasteiger partial charge on any atom is 0.222 e. The molecule has 1 aromatic rings. The zero-order valence-corrected chi connectivity index (χ0v) is 10.8. The molecule has 0 bridgehead atoms. The third-order valence-corrected chi connectivity index (χ3v) is 2.74. The fourth-order valence-electron chi connectivity index (χ4n) is 1.58. The summed E-state index contributed by atoms with van der Waals surface area (Å²) in [5.41, 5.74) is 5.82. The van der Waals surface area contributed by atoms with Crippen LogP contribution in [0.4, 0.5) is 4.39 Å². The van der Waals surface area contributed by atoms with Crippen LogP contribution in [0.2, 0.25) is 0 Å². The first kappa shape index (κ1) is 15.6. The van der Waals surface area contributed by atoms with Crippen LogP contribution in [0.3, 0.4) is 0 Å². The number of aliphatic hydroxyl groups excluding tert-OH is 1. The van der Waals surface area contributed by atoms with E-state index in [9.17, 15) is 14.3 Å². The average molecular weight is 270 g/mol. The van der Waals surface area contributed by atoms with Crippen LogP contribution >= 0.6 is 0 Å². The molecule has 1 rings (SSSR count). The molecule has 0 saturated carbocycles. The van der Waals surface area contributed by atoms with Gasteiger partial charge in [0.25, 0.3) is 0 Å². The normalized spacial score (nSPS) is 13.9. The highest BCUT2D eigenvalue weighted by Gasteiger charge is 2.13. The van der Waals surface area contributed by atoms with Crippen LogP contribution < -0.4 is 11.1 Å². The second kappa shape index (κ2) is 7.83. The van der Waals surface area contributed by atoms with Gasteiger partial charge in [0.05, 0.1) is 18.6 Å². The topological polar surface area (TPSA) is 84.6 Å². The first-order valence-corrected chi connectivity index (χ1v) is 6.00. The van der Waals surface area contributed by atoms with Crippen molar-refractivity contribution < 1.29 is 19.0 Å². The van der Waals surface area contributed by atoms with Crippen LogP contribution in [0.5, 0.6) is 0 Å². The highest BCUT2D eigenvalue weighted by atomic mass is 19.1. The third kappa shape index (κ3) is 5.34. The van der Waals surface area contributed by atoms with E-state index in [1.54, 1.807) is 6.07 Å². The highest BCUT2D eigenvalue weighted by Crippen LogP contribution is 2.13. The molecule has 0 saturated heterocycles. The van der Waals surface area contributed by atoms with Crippen molar-refractivity contribution in [2.75, 3.05) is 20.2 Å². The quantitative estimate of drug-likeness (QED) is 0.667. The smallest absolute Gasteiger partial charge is 0.222 e. The van der Waals surface area contributed by atoms with Gasteiger partial charge in [0.15, 0.2) is 0 Å². The van der Waals surface area contributed by atoms with Gasteiger partial charge >= 0.3 is 0 Å². The Balaban J connectivity index is 2.41. The number of benzene rings is 1. The number of methoxy groups -OCH3 is 1. The van der Waals surface area contributed by atoms with Gasteiger partial charge in [0.1, 0.15) is 5.82 Å². The molecule has 0 aromatic heterocycles. The minimum atomic E-state index is -0.946. The summed E-state index contributed by atoms with van der Waals surface area (Å²) < 4.78 is 17.9. The molecule has 0 aliphatic carbocycles. The van der Waals surface area contributed by atoms with Crippen LogP contribution in [-0.4, -0.2) is 37.3 Å². The lowest BCUT2D eigenvalue weighted by Crippen LogP contribution is -2.34. The lowest BCUT2D eigenvalue weighted by atomic mass is 10.1. The monoisotopic (exact) mass is 270 g/mol. The van der Waals surface area contributed by atoms with E-state index in [0.717, 1.165) is 0 Å². The van der Waals surface area contributed by atoms with Crippen molar-refractivity contribution in [1.29, 1.82) is 0 Å². The molecule has 2 atom stereocenters. The Morgan fingerprint density at radius 1 is 1.58 bits per heavy atom. The average Bonchev–Trinajstić information content (AvgIpc) is 2.42. The summed E-state index contributed by atoms with van der Waals surface area (Å²) in [6, 6.07) is 5.62. The van der Waals surface area contributed by atoms with Gasteiger partial charge in [-0.15, -0.1) is 0 Å². The van der Waals surface area contributed by atoms with E-state index >= 15 is 0 Å². The fraction of sp³-hybridized carbons (Fsp3) is 0.462. The van der Waals surface area contributed by atoms with Gasteiger partial charge in [0.2, 0.25) is 5.91 Å². The van der Waals surface area contributed by atoms with E-state index in [1.807, 2.05) is 0 Å². The summed E-state index contributed by atoms with van der Waals surface area (Å²) in [4.78, 5) is 11.5. The number of ether oxygens (including phenoxy) is 1. The number of amides is 1. The molecule has 0 aliphatic heterocycles. The zero-order chi connectivity index (χ0) is 14.3. The fourth-order valence-corrected chi connectivity index (χ4v) is 1.58. The van der Waals surface area contributed by atoms with Gasteiger partial charge < -0.3 is 20.9 Å². The van der Waals surface area contributed by atoms with Crippen molar-refractivity contribution >= 4 is 5.91 Å². The van der Waals surface area contributed by atoms with Gasteiger partial charge in [-0.3, -0.25) is 4.79 Å². The Labute approximate surface area is 111 Å². The number of aliphatic hydroxyl groups is 1. The van der Waals surface area contributed by atoms with E-state index in [1.165, 1.54) is 25.3 Å². The van der Waals surface area contributed by atoms with Crippen LogP contribution in [0.25, 0.3) is 0 Å². The maximum atomic E-state index is 13.0. The molecule has 1 amide bonds. The van der Waals surface area contributed by atoms with E-state index in [-0.39, 0.29) is 31.5 Å². The molecule has 0 spiro atoms. The molecule has 0 radical (unpaired) electrons. The Kier molecular flexibility index (Phi) is 6.41. The number of halogens is 1. The number of rotatable bonds is 7. The number of nitrogens with one attached hydrogen (secondary N) is 1. The molecule has 2 unspecified atom stereocenters. The Hall–Kier alpha value is -1.50. The zero-order valence-electron chi connectivity index (χ0n) is 10.8. The number of hydrogen-bond donors (Lipinski definition) is 3. The number of carbonyl (C=O) groups excluding carboxylic acids is 1. The third-order valence-electron chi connectivity index (χ3n) is 2.74. The second-order valence-corrected chi connectivity index (χ2v) is 4.17. The van der Waals surface area contributed by atoms with Crippen molar-refractivity contribution in [3.8, 4) is 0 Å². The molecule has 0 heterocycles. The van der Waals surface area contributed by atoms with Crippen molar-refractivity contribution in [2.24, 2.45) is 5.73 Å². The lowest BCUT2D eigenvalue weighted by Gasteiger charge is -2.15. The summed E-state index contributed by atoms with van der Waals surface area (Å²) in [6.45, 7) is 0.264. The summed E-state index contributed by atoms with van der Waals surface area (Å²) in [6.07, 6.45) is -1.16. The van der Waals surface area contributed by atoms with Crippen LogP contribution in [0.1, 0.15) is 18.1 Å². The van der Waals surface area contributed by atoms with Crippen molar-refractivity contribution in [2.45, 2.75) is 18.6 Å². The van der Waals surface area contributed by atoms with Crippen molar-refractivity contribution in [3.05, 3.63) is 35.6 Å². The molecule has 106 valence electrons. The van der Waals surface area contributed by atoms with E-state index in [2.05, 4.69) is 5.32 Å². The molecule has 4 N–H and O–H groups in total. The Bertz CT molecular complexity index is 411. The molecule has 19 heavy (non-hydrogen) atoms. The standard InChI is InChI=1S/C13H19FN2O3/c1-19-11(7-15)6-13(18)16-8-12(17)9-3-2-4-10(14)5-9/h2-5,11-12,17H,6-8,15H2,1H3,(H,16,18). The molecule has 5 nitrogen and oxygen atoms in total. The summed E-state index contributed by atoms with van der Waals surface area (Å²) in [5, 5.41) is 12.4. The minimum Gasteiger partial charge on any atom is -0.387 e. The molecule has 1 aromatic carbocycles. The van der Waals surface area contributed by atoms with Gasteiger partial charge in [-0.2, -0.15) is 0 Å². The minimum absolute atomic E-state index is 0.0172. The summed E-state index contributed by atoms with van der Waals surface area (Å²) >= 11 is 0. The predicted octanol–water partition coefficient (Wildman–Crippen LogP) is 0.339. The number of nitrogens with two attached hydrogens (primary N) is 1. The van der Waals surface area contributed by atoms with Gasteiger partial charge in [-0.05, 0) is 17.7 Å². The van der Waals surface area contributed by atoms with Crippen LogP contribution in [-0.2, 0) is 9.53 Å². The SMILES string of the molecule is COC(CN)CC(=O)NCC(O)c1cccc(F)c1. The molecule has 0 fully saturated rings. The van der Waals surface area contributed by atoms with Gasteiger partial charge in [-0.1, -0.05) is 12.1 Å². The largest absolute Gasteiger partial charge is 0.387 e. The number of carbonyl (C=O) groups is 1. The van der Waals surface area contributed by atoms with E-state index < -0.39 is 11.9 Å². The van der Waals surface area contributed by atoms with E-state index in [0.29, 0.717) is 5.56 Å². The van der Waals surface area contributed by atoms with Crippen molar-refractivity contribution in [3.63, 3.8) is 0 Å². The highest BCUT2D eigenvalue weighted by molar-refractivity contribution is 5.76. The second-order valence-electron chi connectivity index (χ2n) is 4.17. The lowest BCUT2D eigenvalue weighted by molar-refractivity contribution is -0.123. The van der Waals surface area contributed by atoms with E-state index in [4.69, 9.17) is 10.5 Å². The molecular formula is C13H19FN2O3. The number of hydrogen-bond acceptors (Lipinski definition) is 4. The first-order valence-electron chi connectivity index (χ1n) is 6.00. The predicted molar refractivity (Wildman–Crippen MR) is 68.8 cm³/mol. The molecular weight excluding hydrogens is 251 g/mol. The van der Waals surface area contributed by atoms with Crippen LogP contribution in [0, 0.1) is 5.82 Å². The van der Waals surface area contributed by atoms with Crippen LogP contribution in [0.15, 0.2) is 24.3 Å². The maximum absolute atomic E-state index is 13.0. The molecule has 0 aliphatic rings. The Morgan fingerprint density at radius 2 is 2.32 bits per heavy atom. The van der Waals surface area contributed by atoms with Crippen molar-refractivity contribution in [1.82, 2.24) is 5.32 Å². The summed E-state index contributed by atoms with van der Waals surface area (Å²) in [7, 11) is 1.48. The molecule has 6 heteroatoms.